The third kappa shape index (κ3) is 4.00. The van der Waals surface area contributed by atoms with Crippen LogP contribution in [0.3, 0.4) is 0 Å². The lowest BCUT2D eigenvalue weighted by Gasteiger charge is -2.36. The first kappa shape index (κ1) is 16.4. The number of benzene rings is 1. The van der Waals surface area contributed by atoms with Gasteiger partial charge in [-0.25, -0.2) is 0 Å². The summed E-state index contributed by atoms with van der Waals surface area (Å²) in [6.45, 7) is 11.9. The van der Waals surface area contributed by atoms with Gasteiger partial charge in [-0.2, -0.15) is 0 Å². The van der Waals surface area contributed by atoms with Gasteiger partial charge in [-0.1, -0.05) is 46.2 Å². The first-order chi connectivity index (χ1) is 9.81. The average Bonchev–Trinajstić information content (AvgIpc) is 2.37. The molecule has 1 aromatic rings. The molecule has 2 N–H and O–H groups in total. The van der Waals surface area contributed by atoms with E-state index in [1.165, 1.54) is 24.0 Å². The van der Waals surface area contributed by atoms with E-state index in [-0.39, 0.29) is 11.5 Å². The number of nitrogens with two attached hydrogens (primary N) is 1. The van der Waals surface area contributed by atoms with Crippen LogP contribution in [0.25, 0.3) is 0 Å². The molecule has 21 heavy (non-hydrogen) atoms. The Morgan fingerprint density at radius 1 is 1.24 bits per heavy atom. The Hall–Kier alpha value is -1.02. The fourth-order valence-corrected chi connectivity index (χ4v) is 3.32. The summed E-state index contributed by atoms with van der Waals surface area (Å²) in [5.41, 5.74) is 8.61. The first-order valence-corrected chi connectivity index (χ1v) is 8.29. The molecule has 0 aromatic heterocycles. The van der Waals surface area contributed by atoms with Crippen LogP contribution in [0.4, 0.5) is 0 Å². The van der Waals surface area contributed by atoms with Gasteiger partial charge in [0.25, 0.3) is 0 Å². The van der Waals surface area contributed by atoms with Crippen molar-refractivity contribution in [2.75, 3.05) is 6.54 Å². The molecule has 0 bridgehead atoms. The van der Waals surface area contributed by atoms with Crippen LogP contribution in [0.15, 0.2) is 18.2 Å². The summed E-state index contributed by atoms with van der Waals surface area (Å²) in [6, 6.07) is 6.58. The van der Waals surface area contributed by atoms with Crippen LogP contribution in [0, 0.1) is 18.8 Å². The highest BCUT2D eigenvalue weighted by molar-refractivity contribution is 5.41. The summed E-state index contributed by atoms with van der Waals surface area (Å²) in [5, 5.41) is 0. The van der Waals surface area contributed by atoms with Gasteiger partial charge in [0.15, 0.2) is 0 Å². The third-order valence-corrected chi connectivity index (χ3v) is 4.72. The van der Waals surface area contributed by atoms with E-state index in [0.29, 0.717) is 5.92 Å². The van der Waals surface area contributed by atoms with Gasteiger partial charge in [0.2, 0.25) is 0 Å². The standard InChI is InChI=1S/C19H31NO/c1-13-6-8-15(12-20)17(10-13)21-18-11-14(2)7-9-16(18)19(3,4)5/h7,9,11,13,15,17H,6,8,10,12,20H2,1-5H3. The highest BCUT2D eigenvalue weighted by Crippen LogP contribution is 2.36. The van der Waals surface area contributed by atoms with Crippen LogP contribution in [-0.2, 0) is 5.41 Å². The van der Waals surface area contributed by atoms with E-state index in [1.807, 2.05) is 0 Å². The summed E-state index contributed by atoms with van der Waals surface area (Å²) < 4.78 is 6.49. The second-order valence-electron chi connectivity index (χ2n) is 7.82. The summed E-state index contributed by atoms with van der Waals surface area (Å²) in [7, 11) is 0. The highest BCUT2D eigenvalue weighted by Gasteiger charge is 2.30. The molecule has 3 unspecified atom stereocenters. The van der Waals surface area contributed by atoms with Gasteiger partial charge >= 0.3 is 0 Å². The predicted molar refractivity (Wildman–Crippen MR) is 89.9 cm³/mol. The quantitative estimate of drug-likeness (QED) is 0.893. The Morgan fingerprint density at radius 2 is 1.95 bits per heavy atom. The molecule has 1 aliphatic rings. The van der Waals surface area contributed by atoms with Crippen LogP contribution in [0.5, 0.6) is 5.75 Å². The van der Waals surface area contributed by atoms with E-state index in [2.05, 4.69) is 52.8 Å². The maximum Gasteiger partial charge on any atom is 0.123 e. The number of aryl methyl sites for hydroxylation is 1. The summed E-state index contributed by atoms with van der Waals surface area (Å²) in [5.74, 6) is 2.29. The smallest absolute Gasteiger partial charge is 0.123 e. The van der Waals surface area contributed by atoms with Crippen LogP contribution >= 0.6 is 0 Å². The SMILES string of the molecule is Cc1ccc(C(C)(C)C)c(OC2CC(C)CCC2CN)c1. The number of hydrogen-bond donors (Lipinski definition) is 1. The van der Waals surface area contributed by atoms with Crippen molar-refractivity contribution in [3.8, 4) is 5.75 Å². The van der Waals surface area contributed by atoms with E-state index in [0.717, 1.165) is 24.6 Å². The number of ether oxygens (including phenoxy) is 1. The zero-order valence-corrected chi connectivity index (χ0v) is 14.3. The Morgan fingerprint density at radius 3 is 2.57 bits per heavy atom. The van der Waals surface area contributed by atoms with E-state index in [1.54, 1.807) is 0 Å². The Bertz CT molecular complexity index is 475. The minimum atomic E-state index is 0.0987. The fraction of sp³-hybridized carbons (Fsp3) is 0.684. The molecule has 2 nitrogen and oxygen atoms in total. The van der Waals surface area contributed by atoms with E-state index < -0.39 is 0 Å². The topological polar surface area (TPSA) is 35.2 Å². The minimum Gasteiger partial charge on any atom is -0.490 e. The minimum absolute atomic E-state index is 0.0987. The molecule has 0 amide bonds. The molecule has 2 heteroatoms. The van der Waals surface area contributed by atoms with Gasteiger partial charge in [-0.15, -0.1) is 0 Å². The van der Waals surface area contributed by atoms with Gasteiger partial charge in [0.05, 0.1) is 0 Å². The largest absolute Gasteiger partial charge is 0.490 e. The third-order valence-electron chi connectivity index (χ3n) is 4.72. The lowest BCUT2D eigenvalue weighted by Crippen LogP contribution is -2.38. The molecule has 1 aliphatic carbocycles. The van der Waals surface area contributed by atoms with Gasteiger partial charge in [0, 0.05) is 5.92 Å². The van der Waals surface area contributed by atoms with Crippen LogP contribution in [-0.4, -0.2) is 12.6 Å². The molecule has 1 fully saturated rings. The number of rotatable bonds is 3. The summed E-state index contributed by atoms with van der Waals surface area (Å²) in [6.07, 6.45) is 3.86. The molecule has 118 valence electrons. The molecular formula is C19H31NO. The van der Waals surface area contributed by atoms with Crippen LogP contribution in [0.1, 0.15) is 58.1 Å². The zero-order valence-electron chi connectivity index (χ0n) is 14.3. The monoisotopic (exact) mass is 289 g/mol. The molecule has 3 atom stereocenters. The van der Waals surface area contributed by atoms with Crippen molar-refractivity contribution in [3.63, 3.8) is 0 Å². The molecule has 0 spiro atoms. The maximum absolute atomic E-state index is 6.49. The fourth-order valence-electron chi connectivity index (χ4n) is 3.32. The Labute approximate surface area is 130 Å². The Balaban J connectivity index is 2.27. The molecule has 0 heterocycles. The molecule has 0 aliphatic heterocycles. The van der Waals surface area contributed by atoms with Gasteiger partial charge in [0.1, 0.15) is 11.9 Å². The van der Waals surface area contributed by atoms with Crippen molar-refractivity contribution >= 4 is 0 Å². The van der Waals surface area contributed by atoms with Crippen molar-refractivity contribution < 1.29 is 4.74 Å². The van der Waals surface area contributed by atoms with Crippen molar-refractivity contribution in [1.82, 2.24) is 0 Å². The van der Waals surface area contributed by atoms with E-state index >= 15 is 0 Å². The maximum atomic E-state index is 6.49. The molecule has 1 aromatic carbocycles. The summed E-state index contributed by atoms with van der Waals surface area (Å²) in [4.78, 5) is 0. The van der Waals surface area contributed by atoms with Crippen molar-refractivity contribution in [1.29, 1.82) is 0 Å². The van der Waals surface area contributed by atoms with E-state index in [4.69, 9.17) is 10.5 Å². The molecule has 1 saturated carbocycles. The van der Waals surface area contributed by atoms with Crippen LogP contribution in [0.2, 0.25) is 0 Å². The van der Waals surface area contributed by atoms with Crippen molar-refractivity contribution in [3.05, 3.63) is 29.3 Å². The second-order valence-corrected chi connectivity index (χ2v) is 7.82. The lowest BCUT2D eigenvalue weighted by molar-refractivity contribution is 0.0725. The molecule has 0 saturated heterocycles. The predicted octanol–water partition coefficient (Wildman–Crippen LogP) is 4.43. The summed E-state index contributed by atoms with van der Waals surface area (Å²) >= 11 is 0. The Kier molecular flexibility index (Phi) is 4.98. The van der Waals surface area contributed by atoms with Crippen molar-refractivity contribution in [2.45, 2.75) is 65.4 Å². The molecule has 2 rings (SSSR count). The van der Waals surface area contributed by atoms with Crippen molar-refractivity contribution in [2.24, 2.45) is 17.6 Å². The second kappa shape index (κ2) is 6.39. The zero-order chi connectivity index (χ0) is 15.6. The van der Waals surface area contributed by atoms with E-state index in [9.17, 15) is 0 Å². The molecule has 0 radical (unpaired) electrons. The highest BCUT2D eigenvalue weighted by atomic mass is 16.5. The van der Waals surface area contributed by atoms with Gasteiger partial charge in [-0.3, -0.25) is 0 Å². The lowest BCUT2D eigenvalue weighted by atomic mass is 9.80. The first-order valence-electron chi connectivity index (χ1n) is 8.29. The van der Waals surface area contributed by atoms with Crippen LogP contribution < -0.4 is 10.5 Å². The van der Waals surface area contributed by atoms with Gasteiger partial charge in [-0.05, 0) is 54.8 Å². The average molecular weight is 289 g/mol. The molecular weight excluding hydrogens is 258 g/mol. The van der Waals surface area contributed by atoms with Gasteiger partial charge < -0.3 is 10.5 Å². The normalized spacial score (nSPS) is 26.7. The number of hydrogen-bond acceptors (Lipinski definition) is 2.